The summed E-state index contributed by atoms with van der Waals surface area (Å²) in [5.41, 5.74) is 0.556. The number of carboxylic acids is 1. The Morgan fingerprint density at radius 3 is 2.43 bits per heavy atom. The Morgan fingerprint density at radius 1 is 1.07 bits per heavy atom. The lowest BCUT2D eigenvalue weighted by molar-refractivity contribution is -0.142. The zero-order chi connectivity index (χ0) is 20.3. The number of aliphatic carboxylic acids is 1. The maximum absolute atomic E-state index is 13.9. The van der Waals surface area contributed by atoms with Crippen LogP contribution >= 0.6 is 11.3 Å². The number of hydrogen-bond acceptors (Lipinski definition) is 4. The summed E-state index contributed by atoms with van der Waals surface area (Å²) in [5, 5.41) is 13.6. The maximum Gasteiger partial charge on any atom is 0.331 e. The van der Waals surface area contributed by atoms with Crippen LogP contribution in [0.1, 0.15) is 17.3 Å². The molecule has 0 radical (unpaired) electrons. The first-order chi connectivity index (χ1) is 13.3. The Balaban J connectivity index is 1.73. The highest BCUT2D eigenvalue weighted by molar-refractivity contribution is 7.13. The van der Waals surface area contributed by atoms with Crippen LogP contribution in [0.3, 0.4) is 0 Å². The number of thiazole rings is 1. The van der Waals surface area contributed by atoms with E-state index in [4.69, 9.17) is 0 Å². The number of carboxylic acid groups (broad SMARTS) is 1. The van der Waals surface area contributed by atoms with Crippen molar-refractivity contribution < 1.29 is 27.9 Å². The van der Waals surface area contributed by atoms with Crippen molar-refractivity contribution in [3.05, 3.63) is 76.6 Å². The van der Waals surface area contributed by atoms with Gasteiger partial charge in [0.2, 0.25) is 5.91 Å². The van der Waals surface area contributed by atoms with Gasteiger partial charge in [0.25, 0.3) is 0 Å². The molecule has 3 rings (SSSR count). The summed E-state index contributed by atoms with van der Waals surface area (Å²) in [4.78, 5) is 27.9. The smallest absolute Gasteiger partial charge is 0.331 e. The molecule has 144 valence electrons. The van der Waals surface area contributed by atoms with Gasteiger partial charge in [-0.15, -0.1) is 11.3 Å². The van der Waals surface area contributed by atoms with Crippen molar-refractivity contribution in [2.75, 3.05) is 0 Å². The molecule has 3 aromatic rings. The normalized spacial score (nSPS) is 11.8. The zero-order valence-electron chi connectivity index (χ0n) is 14.2. The number of nitrogens with zero attached hydrogens (tertiary/aromatic N) is 1. The van der Waals surface area contributed by atoms with Crippen LogP contribution in [0.2, 0.25) is 0 Å². The fraction of sp³-hybridized carbons (Fsp3) is 0.105. The van der Waals surface area contributed by atoms with Crippen LogP contribution in [0.5, 0.6) is 0 Å². The van der Waals surface area contributed by atoms with Crippen molar-refractivity contribution >= 4 is 23.2 Å². The number of carbonyl (C=O) groups excluding carboxylic acids is 1. The molecule has 0 aliphatic carbocycles. The Hall–Kier alpha value is -3.20. The first kappa shape index (κ1) is 19.6. The van der Waals surface area contributed by atoms with E-state index < -0.39 is 35.1 Å². The summed E-state index contributed by atoms with van der Waals surface area (Å²) in [5.74, 6) is -4.39. The number of carbonyl (C=O) groups is 2. The lowest BCUT2D eigenvalue weighted by Gasteiger charge is -2.15. The molecule has 5 nitrogen and oxygen atoms in total. The van der Waals surface area contributed by atoms with Gasteiger partial charge in [-0.05, 0) is 42.5 Å². The average molecular weight is 406 g/mol. The Labute approximate surface area is 161 Å². The van der Waals surface area contributed by atoms with Crippen LogP contribution in [0.25, 0.3) is 10.6 Å². The van der Waals surface area contributed by atoms with Gasteiger partial charge in [0.05, 0.1) is 12.1 Å². The SMILES string of the molecule is O=C(Cc1csc(-c2ccc(F)cc2)n1)NC(C(=O)O)c1cc(F)ccc1F. The molecule has 0 saturated heterocycles. The lowest BCUT2D eigenvalue weighted by atomic mass is 10.1. The minimum Gasteiger partial charge on any atom is -0.479 e. The second-order valence-corrected chi connectivity index (χ2v) is 6.69. The van der Waals surface area contributed by atoms with E-state index in [-0.39, 0.29) is 12.2 Å². The number of benzene rings is 2. The summed E-state index contributed by atoms with van der Waals surface area (Å²) in [6, 6.07) is 6.30. The zero-order valence-corrected chi connectivity index (χ0v) is 15.0. The molecule has 1 unspecified atom stereocenters. The summed E-state index contributed by atoms with van der Waals surface area (Å²) in [6.45, 7) is 0. The third kappa shape index (κ3) is 4.55. The van der Waals surface area contributed by atoms with E-state index >= 15 is 0 Å². The van der Waals surface area contributed by atoms with Crippen LogP contribution in [0.4, 0.5) is 13.2 Å². The predicted octanol–water partition coefficient (Wildman–Crippen LogP) is 3.71. The Kier molecular flexibility index (Phi) is 5.74. The number of hydrogen-bond donors (Lipinski definition) is 2. The predicted molar refractivity (Wildman–Crippen MR) is 96.1 cm³/mol. The van der Waals surface area contributed by atoms with E-state index in [0.717, 1.165) is 18.2 Å². The molecule has 0 fully saturated rings. The van der Waals surface area contributed by atoms with Crippen LogP contribution in [-0.4, -0.2) is 22.0 Å². The van der Waals surface area contributed by atoms with Gasteiger partial charge >= 0.3 is 5.97 Å². The van der Waals surface area contributed by atoms with Crippen molar-refractivity contribution in [3.8, 4) is 10.6 Å². The number of aromatic nitrogens is 1. The molecule has 1 heterocycles. The molecule has 0 bridgehead atoms. The third-order valence-electron chi connectivity index (χ3n) is 3.81. The number of amides is 1. The van der Waals surface area contributed by atoms with E-state index in [1.165, 1.54) is 23.5 Å². The minimum atomic E-state index is -1.74. The van der Waals surface area contributed by atoms with Crippen LogP contribution in [0.15, 0.2) is 47.8 Å². The van der Waals surface area contributed by atoms with Gasteiger partial charge in [-0.3, -0.25) is 4.79 Å². The summed E-state index contributed by atoms with van der Waals surface area (Å²) in [6.07, 6.45) is -0.252. The molecule has 2 aromatic carbocycles. The molecule has 1 aromatic heterocycles. The first-order valence-electron chi connectivity index (χ1n) is 8.01. The number of halogens is 3. The van der Waals surface area contributed by atoms with Gasteiger partial charge in [0, 0.05) is 16.5 Å². The van der Waals surface area contributed by atoms with Crippen molar-refractivity contribution in [2.24, 2.45) is 0 Å². The van der Waals surface area contributed by atoms with Crippen LogP contribution in [0, 0.1) is 17.5 Å². The molecule has 0 spiro atoms. The largest absolute Gasteiger partial charge is 0.479 e. The van der Waals surface area contributed by atoms with Gasteiger partial charge < -0.3 is 10.4 Å². The van der Waals surface area contributed by atoms with Crippen molar-refractivity contribution in [1.29, 1.82) is 0 Å². The van der Waals surface area contributed by atoms with Gasteiger partial charge in [0.1, 0.15) is 22.5 Å². The molecule has 0 aliphatic heterocycles. The fourth-order valence-corrected chi connectivity index (χ4v) is 3.32. The number of nitrogens with one attached hydrogen (secondary N) is 1. The molecule has 28 heavy (non-hydrogen) atoms. The quantitative estimate of drug-likeness (QED) is 0.654. The van der Waals surface area contributed by atoms with Crippen LogP contribution in [-0.2, 0) is 16.0 Å². The van der Waals surface area contributed by atoms with Crippen molar-refractivity contribution in [3.63, 3.8) is 0 Å². The molecule has 1 atom stereocenters. The molecule has 0 aliphatic rings. The standard InChI is InChI=1S/C19H13F3N2O3S/c20-11-3-1-10(2-4-11)18-23-13(9-28-18)8-16(25)24-17(19(26)27)14-7-12(21)5-6-15(14)22/h1-7,9,17H,8H2,(H,24,25)(H,26,27). The van der Waals surface area contributed by atoms with Crippen LogP contribution < -0.4 is 5.32 Å². The maximum atomic E-state index is 13.9. The van der Waals surface area contributed by atoms with Crippen molar-refractivity contribution in [2.45, 2.75) is 12.5 Å². The molecule has 9 heteroatoms. The summed E-state index contributed by atoms with van der Waals surface area (Å²) < 4.78 is 40.2. The Morgan fingerprint density at radius 2 is 1.75 bits per heavy atom. The van der Waals surface area contributed by atoms with Gasteiger partial charge in [-0.25, -0.2) is 22.9 Å². The lowest BCUT2D eigenvalue weighted by Crippen LogP contribution is -2.35. The minimum absolute atomic E-state index is 0.252. The molecular formula is C19H13F3N2O3S. The van der Waals surface area contributed by atoms with E-state index in [1.54, 1.807) is 17.5 Å². The highest BCUT2D eigenvalue weighted by atomic mass is 32.1. The second-order valence-electron chi connectivity index (χ2n) is 5.83. The Bertz CT molecular complexity index is 1020. The highest BCUT2D eigenvalue weighted by Crippen LogP contribution is 2.24. The third-order valence-corrected chi connectivity index (χ3v) is 4.75. The number of rotatable bonds is 6. The van der Waals surface area contributed by atoms with Crippen molar-refractivity contribution in [1.82, 2.24) is 10.3 Å². The van der Waals surface area contributed by atoms with E-state index in [1.807, 2.05) is 0 Å². The van der Waals surface area contributed by atoms with Gasteiger partial charge in [-0.2, -0.15) is 0 Å². The topological polar surface area (TPSA) is 79.3 Å². The van der Waals surface area contributed by atoms with E-state index in [9.17, 15) is 27.9 Å². The molecule has 1 amide bonds. The highest BCUT2D eigenvalue weighted by Gasteiger charge is 2.26. The van der Waals surface area contributed by atoms with Gasteiger partial charge in [0.15, 0.2) is 6.04 Å². The second kappa shape index (κ2) is 8.22. The van der Waals surface area contributed by atoms with Gasteiger partial charge in [-0.1, -0.05) is 0 Å². The average Bonchev–Trinajstić information content (AvgIpc) is 3.10. The van der Waals surface area contributed by atoms with E-state index in [0.29, 0.717) is 16.3 Å². The molecule has 0 saturated carbocycles. The molecular weight excluding hydrogens is 393 g/mol. The summed E-state index contributed by atoms with van der Waals surface area (Å²) >= 11 is 1.24. The van der Waals surface area contributed by atoms with E-state index in [2.05, 4.69) is 10.3 Å². The monoisotopic (exact) mass is 406 g/mol. The fourth-order valence-electron chi connectivity index (χ4n) is 2.50. The summed E-state index contributed by atoms with van der Waals surface area (Å²) in [7, 11) is 0. The first-order valence-corrected chi connectivity index (χ1v) is 8.89. The molecule has 2 N–H and O–H groups in total.